The van der Waals surface area contributed by atoms with Crippen molar-refractivity contribution in [2.45, 2.75) is 33.2 Å². The van der Waals surface area contributed by atoms with Gasteiger partial charge in [0.25, 0.3) is 5.89 Å². The lowest BCUT2D eigenvalue weighted by molar-refractivity contribution is 0.257. The van der Waals surface area contributed by atoms with Crippen molar-refractivity contribution in [2.24, 2.45) is 5.92 Å². The SMILES string of the molecule is CNC(C)Cc1noc(-c2cc(Cl)c(OCC(C)C)c(OC)c2)n1.Cl. The van der Waals surface area contributed by atoms with Crippen LogP contribution in [0.4, 0.5) is 0 Å². The van der Waals surface area contributed by atoms with E-state index in [1.54, 1.807) is 19.2 Å². The summed E-state index contributed by atoms with van der Waals surface area (Å²) in [5.74, 6) is 2.51. The highest BCUT2D eigenvalue weighted by molar-refractivity contribution is 6.32. The molecular weight excluding hydrogens is 365 g/mol. The first-order chi connectivity index (χ1) is 11.4. The molecule has 140 valence electrons. The highest BCUT2D eigenvalue weighted by Gasteiger charge is 2.17. The summed E-state index contributed by atoms with van der Waals surface area (Å²) < 4.78 is 16.5. The Morgan fingerprint density at radius 3 is 2.60 bits per heavy atom. The van der Waals surface area contributed by atoms with Gasteiger partial charge in [-0.15, -0.1) is 12.4 Å². The third-order valence-corrected chi connectivity index (χ3v) is 3.77. The van der Waals surface area contributed by atoms with Gasteiger partial charge in [-0.1, -0.05) is 30.6 Å². The smallest absolute Gasteiger partial charge is 0.258 e. The molecule has 1 aromatic carbocycles. The minimum absolute atomic E-state index is 0. The van der Waals surface area contributed by atoms with E-state index >= 15 is 0 Å². The molecule has 0 fully saturated rings. The minimum Gasteiger partial charge on any atom is -0.493 e. The van der Waals surface area contributed by atoms with Gasteiger partial charge in [-0.05, 0) is 32.0 Å². The summed E-state index contributed by atoms with van der Waals surface area (Å²) in [6.07, 6.45) is 0.681. The van der Waals surface area contributed by atoms with Gasteiger partial charge in [0.05, 0.1) is 18.7 Å². The zero-order valence-electron chi connectivity index (χ0n) is 15.1. The molecule has 1 aromatic heterocycles. The average Bonchev–Trinajstić information content (AvgIpc) is 3.01. The summed E-state index contributed by atoms with van der Waals surface area (Å²) in [6.45, 7) is 6.75. The van der Waals surface area contributed by atoms with Crippen molar-refractivity contribution in [3.05, 3.63) is 23.0 Å². The van der Waals surface area contributed by atoms with Crippen LogP contribution in [-0.4, -0.2) is 36.9 Å². The predicted octanol–water partition coefficient (Wildman–Crippen LogP) is 4.01. The molecule has 0 aliphatic heterocycles. The Morgan fingerprint density at radius 2 is 2.00 bits per heavy atom. The van der Waals surface area contributed by atoms with Gasteiger partial charge in [0, 0.05) is 18.0 Å². The second kappa shape index (κ2) is 9.85. The Balaban J connectivity index is 0.00000312. The molecule has 25 heavy (non-hydrogen) atoms. The van der Waals surface area contributed by atoms with Gasteiger partial charge in [0.1, 0.15) is 0 Å². The standard InChI is InChI=1S/C17H24ClN3O3.ClH/c1-10(2)9-23-16-13(18)7-12(8-14(16)22-5)17-20-15(21-24-17)6-11(3)19-4;/h7-8,10-11,19H,6,9H2,1-5H3;1H. The molecule has 0 saturated heterocycles. The maximum Gasteiger partial charge on any atom is 0.258 e. The molecule has 0 spiro atoms. The van der Waals surface area contributed by atoms with E-state index < -0.39 is 0 Å². The molecule has 1 unspecified atom stereocenters. The van der Waals surface area contributed by atoms with Crippen molar-refractivity contribution in [1.82, 2.24) is 15.5 Å². The largest absolute Gasteiger partial charge is 0.493 e. The Morgan fingerprint density at radius 1 is 1.28 bits per heavy atom. The van der Waals surface area contributed by atoms with Crippen LogP contribution in [0.1, 0.15) is 26.6 Å². The first kappa shape index (κ1) is 21.5. The highest BCUT2D eigenvalue weighted by Crippen LogP contribution is 2.39. The second-order valence-corrected chi connectivity index (χ2v) is 6.51. The Kier molecular flexibility index (Phi) is 8.48. The van der Waals surface area contributed by atoms with E-state index in [9.17, 15) is 0 Å². The van der Waals surface area contributed by atoms with E-state index in [4.69, 9.17) is 25.6 Å². The van der Waals surface area contributed by atoms with Crippen molar-refractivity contribution in [2.75, 3.05) is 20.8 Å². The van der Waals surface area contributed by atoms with E-state index in [0.717, 1.165) is 0 Å². The number of hydrogen-bond donors (Lipinski definition) is 1. The lowest BCUT2D eigenvalue weighted by Crippen LogP contribution is -2.24. The van der Waals surface area contributed by atoms with Crippen molar-refractivity contribution in [3.63, 3.8) is 0 Å². The van der Waals surface area contributed by atoms with Crippen LogP contribution in [-0.2, 0) is 6.42 Å². The number of rotatable bonds is 8. The molecule has 0 amide bonds. The van der Waals surface area contributed by atoms with Crippen molar-refractivity contribution < 1.29 is 14.0 Å². The lowest BCUT2D eigenvalue weighted by atomic mass is 10.2. The molecule has 0 saturated carbocycles. The molecule has 0 aliphatic carbocycles. The van der Waals surface area contributed by atoms with Gasteiger partial charge in [-0.3, -0.25) is 0 Å². The molecule has 6 nitrogen and oxygen atoms in total. The van der Waals surface area contributed by atoms with E-state index in [1.807, 2.05) is 7.05 Å². The van der Waals surface area contributed by atoms with Gasteiger partial charge >= 0.3 is 0 Å². The number of aromatic nitrogens is 2. The zero-order valence-corrected chi connectivity index (χ0v) is 16.7. The summed E-state index contributed by atoms with van der Waals surface area (Å²) in [6, 6.07) is 3.80. The topological polar surface area (TPSA) is 69.4 Å². The number of ether oxygens (including phenoxy) is 2. The fraction of sp³-hybridized carbons (Fsp3) is 0.529. The summed E-state index contributed by atoms with van der Waals surface area (Å²) in [4.78, 5) is 4.42. The van der Waals surface area contributed by atoms with Crippen LogP contribution in [0.2, 0.25) is 5.02 Å². The van der Waals surface area contributed by atoms with Gasteiger partial charge in [0.15, 0.2) is 17.3 Å². The molecule has 0 radical (unpaired) electrons. The molecule has 1 heterocycles. The first-order valence-electron chi connectivity index (χ1n) is 7.95. The van der Waals surface area contributed by atoms with Crippen LogP contribution in [0.3, 0.4) is 0 Å². The molecule has 2 aromatic rings. The van der Waals surface area contributed by atoms with Crippen molar-refractivity contribution in [3.8, 4) is 23.0 Å². The lowest BCUT2D eigenvalue weighted by Gasteiger charge is -2.14. The monoisotopic (exact) mass is 389 g/mol. The number of methoxy groups -OCH3 is 1. The van der Waals surface area contributed by atoms with Crippen LogP contribution in [0.5, 0.6) is 11.5 Å². The van der Waals surface area contributed by atoms with Crippen LogP contribution < -0.4 is 14.8 Å². The molecule has 0 bridgehead atoms. The molecule has 0 aliphatic rings. The Labute approximate surface area is 159 Å². The van der Waals surface area contributed by atoms with Crippen LogP contribution in [0, 0.1) is 5.92 Å². The zero-order chi connectivity index (χ0) is 17.7. The first-order valence-corrected chi connectivity index (χ1v) is 8.33. The van der Waals surface area contributed by atoms with Gasteiger partial charge in [-0.25, -0.2) is 0 Å². The van der Waals surface area contributed by atoms with E-state index in [-0.39, 0.29) is 18.4 Å². The fourth-order valence-electron chi connectivity index (χ4n) is 2.06. The number of nitrogens with one attached hydrogen (secondary N) is 1. The molecular formula is C17H25Cl2N3O3. The normalized spacial score (nSPS) is 12.0. The quantitative estimate of drug-likeness (QED) is 0.735. The average molecular weight is 390 g/mol. The molecule has 1 N–H and O–H groups in total. The highest BCUT2D eigenvalue weighted by atomic mass is 35.5. The van der Waals surface area contributed by atoms with Gasteiger partial charge in [-0.2, -0.15) is 4.98 Å². The fourth-order valence-corrected chi connectivity index (χ4v) is 2.33. The molecule has 1 atom stereocenters. The van der Waals surface area contributed by atoms with E-state index in [1.165, 1.54) is 0 Å². The van der Waals surface area contributed by atoms with E-state index in [2.05, 4.69) is 36.2 Å². The van der Waals surface area contributed by atoms with Gasteiger partial charge in [0.2, 0.25) is 0 Å². The second-order valence-electron chi connectivity index (χ2n) is 6.10. The van der Waals surface area contributed by atoms with Crippen molar-refractivity contribution in [1.29, 1.82) is 0 Å². The number of halogens is 2. The van der Waals surface area contributed by atoms with E-state index in [0.29, 0.717) is 52.7 Å². The third-order valence-electron chi connectivity index (χ3n) is 3.49. The number of nitrogens with zero attached hydrogens (tertiary/aromatic N) is 2. The van der Waals surface area contributed by atoms with Crippen LogP contribution in [0.15, 0.2) is 16.7 Å². The van der Waals surface area contributed by atoms with Crippen LogP contribution >= 0.6 is 24.0 Å². The predicted molar refractivity (Wildman–Crippen MR) is 101 cm³/mol. The maximum absolute atomic E-state index is 6.36. The third kappa shape index (κ3) is 5.76. The summed E-state index contributed by atoms with van der Waals surface area (Å²) in [5.41, 5.74) is 0.699. The summed E-state index contributed by atoms with van der Waals surface area (Å²) in [5, 5.41) is 7.60. The number of likely N-dealkylation sites (N-methyl/N-ethyl adjacent to an activating group) is 1. The van der Waals surface area contributed by atoms with Crippen molar-refractivity contribution >= 4 is 24.0 Å². The molecule has 2 rings (SSSR count). The van der Waals surface area contributed by atoms with Crippen LogP contribution in [0.25, 0.3) is 11.5 Å². The Bertz CT molecular complexity index is 677. The number of hydrogen-bond acceptors (Lipinski definition) is 6. The summed E-state index contributed by atoms with van der Waals surface area (Å²) in [7, 11) is 3.47. The van der Waals surface area contributed by atoms with Gasteiger partial charge < -0.3 is 19.3 Å². The number of benzene rings is 1. The Hall–Kier alpha value is -1.50. The molecule has 8 heteroatoms. The maximum atomic E-state index is 6.36. The summed E-state index contributed by atoms with van der Waals surface area (Å²) >= 11 is 6.36. The minimum atomic E-state index is 0.